The number of Topliss-reactive ketones (excluding diaryl/α,β-unsaturated/α-hetero) is 1. The van der Waals surface area contributed by atoms with E-state index in [9.17, 15) is 22.8 Å². The van der Waals surface area contributed by atoms with E-state index in [1.807, 2.05) is 0 Å². The van der Waals surface area contributed by atoms with Crippen molar-refractivity contribution in [1.29, 1.82) is 0 Å². The normalized spacial score (nSPS) is 16.3. The number of carbonyl (C=O) groups excluding carboxylic acids is 2. The molecule has 0 spiro atoms. The smallest absolute Gasteiger partial charge is 0.444 e. The van der Waals surface area contributed by atoms with Crippen LogP contribution >= 0.6 is 0 Å². The van der Waals surface area contributed by atoms with Crippen LogP contribution in [0.15, 0.2) is 24.3 Å². The van der Waals surface area contributed by atoms with Crippen LogP contribution < -0.4 is 4.74 Å². The van der Waals surface area contributed by atoms with Crippen LogP contribution in [0.1, 0.15) is 44.0 Å². The van der Waals surface area contributed by atoms with E-state index in [0.29, 0.717) is 25.9 Å². The second-order valence-electron chi connectivity index (χ2n) is 7.15. The number of likely N-dealkylation sites (tertiary alicyclic amines) is 1. The fourth-order valence-electron chi connectivity index (χ4n) is 2.75. The summed E-state index contributed by atoms with van der Waals surface area (Å²) in [6, 6.07) is 5.31. The van der Waals surface area contributed by atoms with E-state index < -0.39 is 35.5 Å². The summed E-state index contributed by atoms with van der Waals surface area (Å²) in [7, 11) is 0. The number of rotatable bonds is 3. The zero-order chi connectivity index (χ0) is 19.5. The predicted molar refractivity (Wildman–Crippen MR) is 88.0 cm³/mol. The summed E-state index contributed by atoms with van der Waals surface area (Å²) in [5.41, 5.74) is -0.710. The molecule has 0 saturated carbocycles. The summed E-state index contributed by atoms with van der Waals surface area (Å²) >= 11 is 0. The minimum absolute atomic E-state index is 0.0967. The van der Waals surface area contributed by atoms with Gasteiger partial charge in [0.1, 0.15) is 11.4 Å². The molecule has 0 N–H and O–H groups in total. The molecule has 1 fully saturated rings. The Morgan fingerprint density at radius 2 is 1.65 bits per heavy atom. The van der Waals surface area contributed by atoms with Crippen LogP contribution in [-0.4, -0.2) is 41.8 Å². The number of alkyl halides is 3. The molecule has 1 amide bonds. The van der Waals surface area contributed by atoms with Gasteiger partial charge in [-0.1, -0.05) is 12.1 Å². The average molecular weight is 373 g/mol. The highest BCUT2D eigenvalue weighted by Gasteiger charge is 2.35. The first-order valence-corrected chi connectivity index (χ1v) is 8.33. The average Bonchev–Trinajstić information content (AvgIpc) is 2.52. The topological polar surface area (TPSA) is 55.8 Å². The Kier molecular flexibility index (Phi) is 5.83. The molecule has 1 aliphatic heterocycles. The van der Waals surface area contributed by atoms with E-state index in [1.54, 1.807) is 20.8 Å². The Morgan fingerprint density at radius 1 is 1.08 bits per heavy atom. The highest BCUT2D eigenvalue weighted by atomic mass is 19.4. The van der Waals surface area contributed by atoms with Crippen molar-refractivity contribution in [3.8, 4) is 5.75 Å². The van der Waals surface area contributed by atoms with Gasteiger partial charge in [0.25, 0.3) is 0 Å². The number of halogens is 3. The molecule has 1 aromatic carbocycles. The van der Waals surface area contributed by atoms with Crippen LogP contribution in [0.3, 0.4) is 0 Å². The molecule has 0 aromatic heterocycles. The first-order chi connectivity index (χ1) is 12.0. The fourth-order valence-corrected chi connectivity index (χ4v) is 2.75. The molecule has 1 heterocycles. The maximum atomic E-state index is 12.6. The first-order valence-electron chi connectivity index (χ1n) is 8.33. The third-order valence-corrected chi connectivity index (χ3v) is 3.90. The van der Waals surface area contributed by atoms with E-state index in [2.05, 4.69) is 4.74 Å². The molecule has 1 aliphatic rings. The number of benzene rings is 1. The maximum Gasteiger partial charge on any atom is 0.573 e. The fraction of sp³-hybridized carbons (Fsp3) is 0.556. The molecular formula is C18H22F3NO4. The summed E-state index contributed by atoms with van der Waals surface area (Å²) in [4.78, 5) is 26.2. The Hall–Kier alpha value is -2.25. The van der Waals surface area contributed by atoms with Crippen molar-refractivity contribution < 1.29 is 32.2 Å². The van der Waals surface area contributed by atoms with Gasteiger partial charge in [-0.05, 0) is 45.7 Å². The van der Waals surface area contributed by atoms with E-state index in [4.69, 9.17) is 4.74 Å². The van der Waals surface area contributed by atoms with Crippen LogP contribution in [0.5, 0.6) is 5.75 Å². The minimum atomic E-state index is -4.86. The van der Waals surface area contributed by atoms with Crippen molar-refractivity contribution in [2.75, 3.05) is 13.1 Å². The monoisotopic (exact) mass is 373 g/mol. The third kappa shape index (κ3) is 5.64. The number of hydrogen-bond acceptors (Lipinski definition) is 4. The largest absolute Gasteiger partial charge is 0.573 e. The van der Waals surface area contributed by atoms with Crippen molar-refractivity contribution in [2.24, 2.45) is 5.92 Å². The highest BCUT2D eigenvalue weighted by Crippen LogP contribution is 2.30. The summed E-state index contributed by atoms with van der Waals surface area (Å²) in [6.07, 6.45) is -4.60. The minimum Gasteiger partial charge on any atom is -0.444 e. The van der Waals surface area contributed by atoms with Gasteiger partial charge in [-0.25, -0.2) is 4.79 Å². The van der Waals surface area contributed by atoms with E-state index >= 15 is 0 Å². The number of ketones is 1. The quantitative estimate of drug-likeness (QED) is 0.736. The summed E-state index contributed by atoms with van der Waals surface area (Å²) in [5.74, 6) is -1.38. The zero-order valence-corrected chi connectivity index (χ0v) is 14.9. The molecule has 0 unspecified atom stereocenters. The number of hydrogen-bond donors (Lipinski definition) is 0. The molecule has 0 atom stereocenters. The van der Waals surface area contributed by atoms with E-state index in [-0.39, 0.29) is 5.56 Å². The van der Waals surface area contributed by atoms with E-state index in [1.165, 1.54) is 23.1 Å². The molecule has 8 heteroatoms. The maximum absolute atomic E-state index is 12.6. The lowest BCUT2D eigenvalue weighted by atomic mass is 9.88. The molecular weight excluding hydrogens is 351 g/mol. The Morgan fingerprint density at radius 3 is 2.19 bits per heavy atom. The van der Waals surface area contributed by atoms with Gasteiger partial charge in [-0.15, -0.1) is 13.2 Å². The molecule has 0 bridgehead atoms. The predicted octanol–water partition coefficient (Wildman–Crippen LogP) is 4.42. The number of ether oxygens (including phenoxy) is 2. The van der Waals surface area contributed by atoms with Crippen molar-refractivity contribution >= 4 is 11.9 Å². The number of carbonyl (C=O) groups is 2. The zero-order valence-electron chi connectivity index (χ0n) is 14.9. The lowest BCUT2D eigenvalue weighted by Gasteiger charge is -2.33. The lowest BCUT2D eigenvalue weighted by molar-refractivity contribution is -0.274. The van der Waals surface area contributed by atoms with Crippen molar-refractivity contribution in [3.05, 3.63) is 29.8 Å². The van der Waals surface area contributed by atoms with Crippen LogP contribution in [0, 0.1) is 5.92 Å². The molecule has 0 aliphatic carbocycles. The lowest BCUT2D eigenvalue weighted by Crippen LogP contribution is -2.43. The molecule has 1 saturated heterocycles. The number of nitrogens with zero attached hydrogens (tertiary/aromatic N) is 1. The van der Waals surface area contributed by atoms with Crippen LogP contribution in [0.25, 0.3) is 0 Å². The van der Waals surface area contributed by atoms with E-state index in [0.717, 1.165) is 6.07 Å². The number of amides is 1. The van der Waals surface area contributed by atoms with Gasteiger partial charge < -0.3 is 14.4 Å². The van der Waals surface area contributed by atoms with Gasteiger partial charge >= 0.3 is 12.5 Å². The first kappa shape index (κ1) is 20.1. The van der Waals surface area contributed by atoms with Gasteiger partial charge in [0.15, 0.2) is 5.78 Å². The van der Waals surface area contributed by atoms with Gasteiger partial charge in [0, 0.05) is 19.0 Å². The molecule has 5 nitrogen and oxygen atoms in total. The Balaban J connectivity index is 2.02. The molecule has 144 valence electrons. The third-order valence-electron chi connectivity index (χ3n) is 3.90. The molecule has 0 radical (unpaired) electrons. The second kappa shape index (κ2) is 7.55. The van der Waals surface area contributed by atoms with Gasteiger partial charge in [0.2, 0.25) is 0 Å². The van der Waals surface area contributed by atoms with Gasteiger partial charge in [-0.2, -0.15) is 0 Å². The second-order valence-corrected chi connectivity index (χ2v) is 7.15. The molecule has 2 rings (SSSR count). The molecule has 26 heavy (non-hydrogen) atoms. The van der Waals surface area contributed by atoms with Crippen LogP contribution in [0.4, 0.5) is 18.0 Å². The summed E-state index contributed by atoms with van der Waals surface area (Å²) in [5, 5.41) is 0. The SMILES string of the molecule is CC(C)(C)OC(=O)N1CCC(C(=O)c2ccccc2OC(F)(F)F)CC1. The van der Waals surface area contributed by atoms with Gasteiger partial charge in [0.05, 0.1) is 5.56 Å². The van der Waals surface area contributed by atoms with Gasteiger partial charge in [-0.3, -0.25) is 4.79 Å². The van der Waals surface area contributed by atoms with Crippen molar-refractivity contribution in [1.82, 2.24) is 4.90 Å². The summed E-state index contributed by atoms with van der Waals surface area (Å²) in [6.45, 7) is 5.91. The molecule has 1 aromatic rings. The van der Waals surface area contributed by atoms with Crippen molar-refractivity contribution in [2.45, 2.75) is 45.6 Å². The van der Waals surface area contributed by atoms with Crippen LogP contribution in [-0.2, 0) is 4.74 Å². The van der Waals surface area contributed by atoms with Crippen molar-refractivity contribution in [3.63, 3.8) is 0 Å². The number of piperidine rings is 1. The number of para-hydroxylation sites is 1. The Bertz CT molecular complexity index is 659. The highest BCUT2D eigenvalue weighted by molar-refractivity contribution is 6.00. The standard InChI is InChI=1S/C18H22F3NO4/c1-17(2,3)26-16(24)22-10-8-12(9-11-22)15(23)13-6-4-5-7-14(13)25-18(19,20)21/h4-7,12H,8-11H2,1-3H3. The van der Waals surface area contributed by atoms with Crippen LogP contribution in [0.2, 0.25) is 0 Å². The summed E-state index contributed by atoms with van der Waals surface area (Å²) < 4.78 is 46.8. The Labute approximate surface area is 150 Å².